The molecule has 1 aromatic rings. The quantitative estimate of drug-likeness (QED) is 0.603. The van der Waals surface area contributed by atoms with E-state index in [4.69, 9.17) is 15.2 Å². The minimum Gasteiger partial charge on any atom is -0.375 e. The molecule has 2 saturated heterocycles. The van der Waals surface area contributed by atoms with Crippen LogP contribution in [-0.4, -0.2) is 57.1 Å². The second-order valence-corrected chi connectivity index (χ2v) is 6.16. The summed E-state index contributed by atoms with van der Waals surface area (Å²) in [5.41, 5.74) is 6.74. The Hall–Kier alpha value is -2.19. The van der Waals surface area contributed by atoms with Gasteiger partial charge in [-0.2, -0.15) is 0 Å². The number of carbonyl (C=O) groups excluding carboxylic acids is 2. The molecule has 2 heterocycles. The molecule has 7 nitrogen and oxygen atoms in total. The molecular weight excluding hydrogens is 329 g/mol. The van der Waals surface area contributed by atoms with Crippen molar-refractivity contribution in [1.29, 1.82) is 0 Å². The lowest BCUT2D eigenvalue weighted by Crippen LogP contribution is -2.42. The van der Waals surface area contributed by atoms with Crippen molar-refractivity contribution in [2.45, 2.75) is 31.5 Å². The summed E-state index contributed by atoms with van der Waals surface area (Å²) < 4.78 is 24.7. The average molecular weight is 351 g/mol. The van der Waals surface area contributed by atoms with Gasteiger partial charge in [-0.25, -0.2) is 4.39 Å². The second kappa shape index (κ2) is 7.79. The van der Waals surface area contributed by atoms with Gasteiger partial charge in [0, 0.05) is 30.9 Å². The minimum absolute atomic E-state index is 0.0659. The number of alkyl halides is 1. The van der Waals surface area contributed by atoms with Gasteiger partial charge >= 0.3 is 0 Å². The zero-order valence-corrected chi connectivity index (χ0v) is 13.8. The molecule has 0 bridgehead atoms. The van der Waals surface area contributed by atoms with E-state index in [-0.39, 0.29) is 25.0 Å². The fourth-order valence-corrected chi connectivity index (χ4v) is 3.16. The Kier molecular flexibility index (Phi) is 5.50. The summed E-state index contributed by atoms with van der Waals surface area (Å²) >= 11 is 0. The number of anilines is 2. The lowest BCUT2D eigenvalue weighted by Gasteiger charge is -2.32. The molecule has 136 valence electrons. The largest absolute Gasteiger partial charge is 0.375 e. The van der Waals surface area contributed by atoms with Gasteiger partial charge in [0.15, 0.2) is 18.8 Å². The van der Waals surface area contributed by atoms with Crippen molar-refractivity contribution < 1.29 is 23.5 Å². The van der Waals surface area contributed by atoms with E-state index in [1.165, 1.54) is 0 Å². The molecule has 0 aromatic heterocycles. The Morgan fingerprint density at radius 3 is 2.56 bits per heavy atom. The Balaban J connectivity index is 1.68. The number of hydrogen-bond donors (Lipinski definition) is 1. The van der Waals surface area contributed by atoms with Crippen LogP contribution in [0.15, 0.2) is 24.3 Å². The molecule has 0 spiro atoms. The van der Waals surface area contributed by atoms with E-state index in [9.17, 15) is 14.0 Å². The van der Waals surface area contributed by atoms with Gasteiger partial charge in [0.05, 0.1) is 19.3 Å². The van der Waals surface area contributed by atoms with Gasteiger partial charge in [-0.1, -0.05) is 0 Å². The molecule has 1 aromatic carbocycles. The van der Waals surface area contributed by atoms with Gasteiger partial charge in [-0.15, -0.1) is 0 Å². The number of morpholine rings is 1. The maximum absolute atomic E-state index is 13.9. The molecule has 25 heavy (non-hydrogen) atoms. The first-order valence-corrected chi connectivity index (χ1v) is 8.32. The van der Waals surface area contributed by atoms with Crippen molar-refractivity contribution in [1.82, 2.24) is 0 Å². The molecule has 3 rings (SSSR count). The van der Waals surface area contributed by atoms with Crippen LogP contribution in [0.25, 0.3) is 0 Å². The van der Waals surface area contributed by atoms with Crippen molar-refractivity contribution in [2.24, 2.45) is 5.73 Å². The third-order valence-electron chi connectivity index (χ3n) is 4.45. The highest BCUT2D eigenvalue weighted by atomic mass is 19.1. The van der Waals surface area contributed by atoms with Crippen LogP contribution in [0.1, 0.15) is 12.8 Å². The predicted octanol–water partition coefficient (Wildman–Crippen LogP) is 0.814. The van der Waals surface area contributed by atoms with Crippen LogP contribution in [0.3, 0.4) is 0 Å². The Labute approximate surface area is 145 Å². The normalized spacial score (nSPS) is 26.7. The predicted molar refractivity (Wildman–Crippen MR) is 90.0 cm³/mol. The van der Waals surface area contributed by atoms with Crippen molar-refractivity contribution >= 4 is 23.6 Å². The third kappa shape index (κ3) is 4.08. The SMILES string of the molecule is NC(=O)CC[C@H]1CN(c2ccc(N3CCOCC3F)cc2)C(C=O)O1. The van der Waals surface area contributed by atoms with E-state index in [0.29, 0.717) is 26.1 Å². The first-order valence-electron chi connectivity index (χ1n) is 8.32. The number of halogens is 1. The molecule has 0 radical (unpaired) electrons. The van der Waals surface area contributed by atoms with Crippen molar-refractivity contribution in [3.05, 3.63) is 24.3 Å². The molecule has 2 fully saturated rings. The van der Waals surface area contributed by atoms with E-state index in [1.54, 1.807) is 4.90 Å². The lowest BCUT2D eigenvalue weighted by molar-refractivity contribution is -0.119. The number of benzene rings is 1. The number of hydrogen-bond acceptors (Lipinski definition) is 6. The summed E-state index contributed by atoms with van der Waals surface area (Å²) in [5, 5.41) is 0. The van der Waals surface area contributed by atoms with E-state index >= 15 is 0 Å². The third-order valence-corrected chi connectivity index (χ3v) is 4.45. The fraction of sp³-hybridized carbons (Fsp3) is 0.529. The van der Waals surface area contributed by atoms with Crippen LogP contribution in [-0.2, 0) is 19.1 Å². The lowest BCUT2D eigenvalue weighted by atomic mass is 10.2. The van der Waals surface area contributed by atoms with E-state index < -0.39 is 12.5 Å². The summed E-state index contributed by atoms with van der Waals surface area (Å²) in [6.07, 6.45) is -0.644. The highest BCUT2D eigenvalue weighted by Crippen LogP contribution is 2.29. The smallest absolute Gasteiger partial charge is 0.217 e. The fourth-order valence-electron chi connectivity index (χ4n) is 3.16. The molecule has 2 N–H and O–H groups in total. The zero-order valence-electron chi connectivity index (χ0n) is 13.8. The van der Waals surface area contributed by atoms with Crippen LogP contribution in [0.4, 0.5) is 15.8 Å². The molecule has 2 aliphatic heterocycles. The van der Waals surface area contributed by atoms with Gasteiger partial charge in [0.1, 0.15) is 0 Å². The maximum Gasteiger partial charge on any atom is 0.217 e. The number of nitrogens with zero attached hydrogens (tertiary/aromatic N) is 2. The summed E-state index contributed by atoms with van der Waals surface area (Å²) in [7, 11) is 0. The number of primary amides is 1. The first-order chi connectivity index (χ1) is 12.1. The van der Waals surface area contributed by atoms with Gasteiger partial charge in [0.25, 0.3) is 0 Å². The zero-order chi connectivity index (χ0) is 17.8. The summed E-state index contributed by atoms with van der Waals surface area (Å²) in [4.78, 5) is 25.7. The van der Waals surface area contributed by atoms with Crippen LogP contribution in [0, 0.1) is 0 Å². The number of aldehydes is 1. The number of rotatable bonds is 6. The number of nitrogens with two attached hydrogens (primary N) is 1. The van der Waals surface area contributed by atoms with Gasteiger partial charge in [0.2, 0.25) is 5.91 Å². The molecule has 1 amide bonds. The van der Waals surface area contributed by atoms with Crippen molar-refractivity contribution in [2.75, 3.05) is 36.1 Å². The highest BCUT2D eigenvalue weighted by Gasteiger charge is 2.33. The van der Waals surface area contributed by atoms with Gasteiger partial charge < -0.3 is 25.0 Å². The Morgan fingerprint density at radius 1 is 1.28 bits per heavy atom. The molecule has 2 unspecified atom stereocenters. The Bertz CT molecular complexity index is 612. The molecule has 0 saturated carbocycles. The monoisotopic (exact) mass is 351 g/mol. The summed E-state index contributed by atoms with van der Waals surface area (Å²) in [5.74, 6) is -0.389. The average Bonchev–Trinajstić information content (AvgIpc) is 3.04. The van der Waals surface area contributed by atoms with E-state index in [2.05, 4.69) is 0 Å². The standard InChI is InChI=1S/C17H22FN3O4/c18-15-11-24-8-7-20(15)12-1-3-13(4-2-12)21-9-14(5-6-16(19)23)25-17(21)10-22/h1-4,10,14-15,17H,5-9,11H2,(H2,19,23)/t14-,15?,17?/m0/s1. The van der Waals surface area contributed by atoms with E-state index in [0.717, 1.165) is 17.7 Å². The van der Waals surface area contributed by atoms with Gasteiger partial charge in [-0.05, 0) is 30.7 Å². The van der Waals surface area contributed by atoms with E-state index in [1.807, 2.05) is 29.2 Å². The van der Waals surface area contributed by atoms with Crippen molar-refractivity contribution in [3.63, 3.8) is 0 Å². The number of ether oxygens (including phenoxy) is 2. The molecular formula is C17H22FN3O4. The first kappa shape index (κ1) is 17.6. The number of amides is 1. The summed E-state index contributed by atoms with van der Waals surface area (Å²) in [6, 6.07) is 7.33. The van der Waals surface area contributed by atoms with Crippen LogP contribution in [0.5, 0.6) is 0 Å². The highest BCUT2D eigenvalue weighted by molar-refractivity contribution is 5.73. The molecule has 2 aliphatic rings. The molecule has 0 aliphatic carbocycles. The van der Waals surface area contributed by atoms with Crippen LogP contribution in [0.2, 0.25) is 0 Å². The maximum atomic E-state index is 13.9. The van der Waals surface area contributed by atoms with Crippen LogP contribution < -0.4 is 15.5 Å². The van der Waals surface area contributed by atoms with Crippen LogP contribution >= 0.6 is 0 Å². The molecule has 3 atom stereocenters. The summed E-state index contributed by atoms with van der Waals surface area (Å²) in [6.45, 7) is 1.56. The number of carbonyl (C=O) groups is 2. The second-order valence-electron chi connectivity index (χ2n) is 6.16. The molecule has 8 heteroatoms. The van der Waals surface area contributed by atoms with Gasteiger partial charge in [-0.3, -0.25) is 9.59 Å². The topological polar surface area (TPSA) is 85.1 Å². The minimum atomic E-state index is -1.16. The van der Waals surface area contributed by atoms with Crippen molar-refractivity contribution in [3.8, 4) is 0 Å². The Morgan fingerprint density at radius 2 is 1.96 bits per heavy atom.